The van der Waals surface area contributed by atoms with E-state index in [1.165, 1.54) is 6.07 Å². The number of nitrogens with zero attached hydrogens (tertiary/aromatic N) is 1. The van der Waals surface area contributed by atoms with Gasteiger partial charge in [-0.15, -0.1) is 0 Å². The molecule has 1 aromatic carbocycles. The third-order valence-electron chi connectivity index (χ3n) is 1.70. The predicted molar refractivity (Wildman–Crippen MR) is 46.8 cm³/mol. The van der Waals surface area contributed by atoms with Gasteiger partial charge in [-0.3, -0.25) is 0 Å². The van der Waals surface area contributed by atoms with Crippen molar-refractivity contribution in [3.8, 4) is 11.8 Å². The highest BCUT2D eigenvalue weighted by molar-refractivity contribution is 5.44. The molecule has 0 aliphatic carbocycles. The molecule has 0 aliphatic rings. The largest absolute Gasteiger partial charge is 0.492 e. The number of rotatable bonds is 3. The lowest BCUT2D eigenvalue weighted by molar-refractivity contribution is 0.309. The third kappa shape index (κ3) is 2.21. The molecule has 0 aliphatic heterocycles. The Bertz CT molecular complexity index is 412. The molecule has 1 aromatic rings. The number of hydrogen-bond donors (Lipinski definition) is 0. The van der Waals surface area contributed by atoms with Crippen LogP contribution < -0.4 is 4.74 Å². The zero-order valence-electron chi connectivity index (χ0n) is 7.98. The van der Waals surface area contributed by atoms with E-state index < -0.39 is 23.0 Å². The van der Waals surface area contributed by atoms with E-state index in [1.54, 1.807) is 6.92 Å². The Kier molecular flexibility index (Phi) is 3.56. The summed E-state index contributed by atoms with van der Waals surface area (Å²) in [7, 11) is 0. The van der Waals surface area contributed by atoms with Gasteiger partial charge in [-0.25, -0.2) is 13.2 Å². The van der Waals surface area contributed by atoms with Crippen LogP contribution in [0.15, 0.2) is 6.07 Å². The van der Waals surface area contributed by atoms with Gasteiger partial charge in [0.05, 0.1) is 6.61 Å². The fraction of sp³-hybridized carbons (Fsp3) is 0.300. The summed E-state index contributed by atoms with van der Waals surface area (Å²) in [5, 5.41) is 8.55. The van der Waals surface area contributed by atoms with Gasteiger partial charge in [-0.2, -0.15) is 5.26 Å². The minimum absolute atomic E-state index is 0.208. The molecule has 80 valence electrons. The fourth-order valence-electron chi connectivity index (χ4n) is 1.00. The first-order valence-electron chi connectivity index (χ1n) is 4.32. The van der Waals surface area contributed by atoms with Crippen molar-refractivity contribution in [3.05, 3.63) is 29.1 Å². The van der Waals surface area contributed by atoms with Crippen LogP contribution in [0.1, 0.15) is 18.9 Å². The highest BCUT2D eigenvalue weighted by Gasteiger charge is 2.19. The molecule has 0 aromatic heterocycles. The van der Waals surface area contributed by atoms with Crippen LogP contribution in [0, 0.1) is 28.8 Å². The van der Waals surface area contributed by atoms with E-state index in [0.717, 1.165) is 0 Å². The molecule has 2 nitrogen and oxygen atoms in total. The molecule has 0 radical (unpaired) electrons. The first-order valence-corrected chi connectivity index (χ1v) is 4.32. The van der Waals surface area contributed by atoms with Crippen molar-refractivity contribution in [2.45, 2.75) is 13.3 Å². The molecule has 0 saturated heterocycles. The van der Waals surface area contributed by atoms with Gasteiger partial charge in [0, 0.05) is 6.07 Å². The molecule has 0 atom stereocenters. The smallest absolute Gasteiger partial charge is 0.196 e. The van der Waals surface area contributed by atoms with Crippen LogP contribution >= 0.6 is 0 Å². The molecule has 0 fully saturated rings. The lowest BCUT2D eigenvalue weighted by atomic mass is 10.2. The second kappa shape index (κ2) is 4.69. The summed E-state index contributed by atoms with van der Waals surface area (Å²) in [5.74, 6) is -4.80. The molecule has 0 unspecified atom stereocenters. The van der Waals surface area contributed by atoms with Crippen molar-refractivity contribution in [3.63, 3.8) is 0 Å². The van der Waals surface area contributed by atoms with E-state index in [4.69, 9.17) is 10.00 Å². The molecule has 0 spiro atoms. The molecular formula is C10H8F3NO. The second-order valence-electron chi connectivity index (χ2n) is 2.82. The number of hydrogen-bond acceptors (Lipinski definition) is 2. The van der Waals surface area contributed by atoms with Crippen LogP contribution in [0.5, 0.6) is 5.75 Å². The number of halogens is 3. The number of benzene rings is 1. The summed E-state index contributed by atoms with van der Waals surface area (Å²) in [5.41, 5.74) is -0.609. The highest BCUT2D eigenvalue weighted by Crippen LogP contribution is 2.25. The van der Waals surface area contributed by atoms with E-state index in [2.05, 4.69) is 0 Å². The highest BCUT2D eigenvalue weighted by atomic mass is 19.2. The lowest BCUT2D eigenvalue weighted by Gasteiger charge is -2.07. The van der Waals surface area contributed by atoms with Crippen LogP contribution in [-0.2, 0) is 0 Å². The van der Waals surface area contributed by atoms with Gasteiger partial charge < -0.3 is 4.74 Å². The Morgan fingerprint density at radius 2 is 2.00 bits per heavy atom. The van der Waals surface area contributed by atoms with Crippen molar-refractivity contribution < 1.29 is 17.9 Å². The SMILES string of the molecule is CCCOc1cc(F)c(F)c(F)c1C#N. The van der Waals surface area contributed by atoms with Gasteiger partial charge >= 0.3 is 0 Å². The van der Waals surface area contributed by atoms with E-state index in [-0.39, 0.29) is 12.4 Å². The lowest BCUT2D eigenvalue weighted by Crippen LogP contribution is -2.02. The van der Waals surface area contributed by atoms with Gasteiger partial charge in [-0.1, -0.05) is 6.92 Å². The molecule has 0 N–H and O–H groups in total. The quantitative estimate of drug-likeness (QED) is 0.726. The summed E-state index contributed by atoms with van der Waals surface area (Å²) in [6.07, 6.45) is 0.617. The normalized spacial score (nSPS) is 9.80. The minimum atomic E-state index is -1.66. The van der Waals surface area contributed by atoms with Crippen LogP contribution in [0.25, 0.3) is 0 Å². The van der Waals surface area contributed by atoms with Crippen molar-refractivity contribution in [2.75, 3.05) is 6.61 Å². The maximum atomic E-state index is 13.0. The summed E-state index contributed by atoms with van der Waals surface area (Å²) in [6, 6.07) is 2.11. The monoisotopic (exact) mass is 215 g/mol. The second-order valence-corrected chi connectivity index (χ2v) is 2.82. The van der Waals surface area contributed by atoms with Crippen LogP contribution in [0.3, 0.4) is 0 Å². The molecule has 0 saturated carbocycles. The Balaban J connectivity index is 3.21. The molecule has 0 heterocycles. The van der Waals surface area contributed by atoms with Crippen molar-refractivity contribution >= 4 is 0 Å². The summed E-state index contributed by atoms with van der Waals surface area (Å²) in [4.78, 5) is 0. The number of ether oxygens (including phenoxy) is 1. The Hall–Kier alpha value is -1.70. The van der Waals surface area contributed by atoms with Crippen molar-refractivity contribution in [1.29, 1.82) is 5.26 Å². The summed E-state index contributed by atoms with van der Waals surface area (Å²) in [6.45, 7) is 2.00. The van der Waals surface area contributed by atoms with Gasteiger partial charge in [0.1, 0.15) is 17.4 Å². The molecular weight excluding hydrogens is 207 g/mol. The summed E-state index contributed by atoms with van der Waals surface area (Å²) < 4.78 is 43.5. The molecule has 0 amide bonds. The zero-order valence-corrected chi connectivity index (χ0v) is 7.98. The molecule has 0 bridgehead atoms. The zero-order chi connectivity index (χ0) is 11.4. The van der Waals surface area contributed by atoms with Crippen LogP contribution in [0.2, 0.25) is 0 Å². The van der Waals surface area contributed by atoms with Crippen molar-refractivity contribution in [1.82, 2.24) is 0 Å². The van der Waals surface area contributed by atoms with Crippen molar-refractivity contribution in [2.24, 2.45) is 0 Å². The van der Waals surface area contributed by atoms with E-state index >= 15 is 0 Å². The van der Waals surface area contributed by atoms with E-state index in [1.807, 2.05) is 0 Å². The third-order valence-corrected chi connectivity index (χ3v) is 1.70. The maximum absolute atomic E-state index is 13.0. The fourth-order valence-corrected chi connectivity index (χ4v) is 1.00. The van der Waals surface area contributed by atoms with E-state index in [0.29, 0.717) is 12.5 Å². The topological polar surface area (TPSA) is 33.0 Å². The first-order chi connectivity index (χ1) is 7.11. The molecule has 5 heteroatoms. The van der Waals surface area contributed by atoms with Gasteiger partial charge in [0.2, 0.25) is 0 Å². The first kappa shape index (κ1) is 11.4. The molecule has 15 heavy (non-hydrogen) atoms. The molecule has 1 rings (SSSR count). The summed E-state index contributed by atoms with van der Waals surface area (Å²) >= 11 is 0. The maximum Gasteiger partial charge on any atom is 0.196 e. The minimum Gasteiger partial charge on any atom is -0.492 e. The standard InChI is InChI=1S/C10H8F3NO/c1-2-3-15-8-4-7(11)10(13)9(12)6(8)5-14/h4H,2-3H2,1H3. The van der Waals surface area contributed by atoms with Crippen LogP contribution in [-0.4, -0.2) is 6.61 Å². The predicted octanol–water partition coefficient (Wildman–Crippen LogP) is 2.76. The Morgan fingerprint density at radius 3 is 2.53 bits per heavy atom. The Labute approximate surface area is 84.9 Å². The van der Waals surface area contributed by atoms with E-state index in [9.17, 15) is 13.2 Å². The average Bonchev–Trinajstić information content (AvgIpc) is 2.23. The van der Waals surface area contributed by atoms with Gasteiger partial charge in [-0.05, 0) is 6.42 Å². The Morgan fingerprint density at radius 1 is 1.33 bits per heavy atom. The average molecular weight is 215 g/mol. The number of nitriles is 1. The van der Waals surface area contributed by atoms with Gasteiger partial charge in [0.25, 0.3) is 0 Å². The van der Waals surface area contributed by atoms with Crippen LogP contribution in [0.4, 0.5) is 13.2 Å². The van der Waals surface area contributed by atoms with Gasteiger partial charge in [0.15, 0.2) is 17.5 Å².